The number of Topliss-reactive ketones (excluding diaryl/α,β-unsaturated/α-hetero) is 1. The summed E-state index contributed by atoms with van der Waals surface area (Å²) in [7, 11) is 3.87. The molecule has 1 saturated heterocycles. The molecule has 0 bridgehead atoms. The molecule has 2 heterocycles. The van der Waals surface area contributed by atoms with Crippen LogP contribution in [0.4, 0.5) is 4.79 Å². The van der Waals surface area contributed by atoms with Crippen LogP contribution in [0.5, 0.6) is 5.75 Å². The van der Waals surface area contributed by atoms with E-state index in [-0.39, 0.29) is 23.9 Å². The summed E-state index contributed by atoms with van der Waals surface area (Å²) in [5.74, 6) is -0.239. The molecule has 0 radical (unpaired) electrons. The number of amides is 2. The second-order valence-electron chi connectivity index (χ2n) is 8.79. The number of carbonyl (C=O) groups is 3. The number of ether oxygens (including phenoxy) is 2. The Kier molecular flexibility index (Phi) is 7.80. The average molecular weight is 408 g/mol. The predicted molar refractivity (Wildman–Crippen MR) is 108 cm³/mol. The lowest BCUT2D eigenvalue weighted by molar-refractivity contribution is -0.128. The van der Waals surface area contributed by atoms with Crippen LogP contribution in [-0.2, 0) is 14.3 Å². The summed E-state index contributed by atoms with van der Waals surface area (Å²) in [4.78, 5) is 42.2. The van der Waals surface area contributed by atoms with Gasteiger partial charge in [0.05, 0.1) is 6.10 Å². The lowest BCUT2D eigenvalue weighted by Crippen LogP contribution is -2.54. The lowest BCUT2D eigenvalue weighted by Gasteiger charge is -2.28. The van der Waals surface area contributed by atoms with Crippen molar-refractivity contribution < 1.29 is 23.9 Å². The van der Waals surface area contributed by atoms with Gasteiger partial charge in [-0.1, -0.05) is 20.8 Å². The van der Waals surface area contributed by atoms with E-state index in [4.69, 9.17) is 9.47 Å². The number of carbonyl (C=O) groups excluding carboxylic acids is 3. The quantitative estimate of drug-likeness (QED) is 0.598. The second kappa shape index (κ2) is 9.89. The molecule has 0 aromatic carbocycles. The molecule has 2 rings (SSSR count). The first-order valence-corrected chi connectivity index (χ1v) is 9.76. The fourth-order valence-electron chi connectivity index (χ4n) is 3.12. The van der Waals surface area contributed by atoms with E-state index in [1.807, 2.05) is 39.8 Å². The molecule has 1 fully saturated rings. The summed E-state index contributed by atoms with van der Waals surface area (Å²) < 4.78 is 10.7. The molecule has 2 amide bonds. The molecule has 1 aromatic heterocycles. The van der Waals surface area contributed by atoms with E-state index in [0.29, 0.717) is 18.6 Å². The third-order valence-electron chi connectivity index (χ3n) is 4.52. The van der Waals surface area contributed by atoms with Crippen molar-refractivity contribution in [3.05, 3.63) is 18.5 Å². The van der Waals surface area contributed by atoms with Gasteiger partial charge in [0.2, 0.25) is 5.91 Å². The Hall–Kier alpha value is -2.39. The lowest BCUT2D eigenvalue weighted by atomic mass is 9.87. The van der Waals surface area contributed by atoms with Crippen LogP contribution in [0, 0.1) is 5.41 Å². The van der Waals surface area contributed by atoms with Crippen molar-refractivity contribution in [2.45, 2.75) is 51.8 Å². The minimum atomic E-state index is -0.843. The van der Waals surface area contributed by atoms with Gasteiger partial charge in [0.15, 0.2) is 5.78 Å². The topological polar surface area (TPSA) is 113 Å². The predicted octanol–water partition coefficient (Wildman–Crippen LogP) is 1.31. The van der Waals surface area contributed by atoms with Gasteiger partial charge in [0, 0.05) is 18.9 Å². The highest BCUT2D eigenvalue weighted by molar-refractivity contribution is 5.94. The van der Waals surface area contributed by atoms with E-state index in [2.05, 4.69) is 15.6 Å². The van der Waals surface area contributed by atoms with Gasteiger partial charge >= 0.3 is 6.09 Å². The van der Waals surface area contributed by atoms with Crippen molar-refractivity contribution >= 4 is 17.8 Å². The summed E-state index contributed by atoms with van der Waals surface area (Å²) in [6, 6.07) is 0.0409. The van der Waals surface area contributed by atoms with Gasteiger partial charge in [-0.25, -0.2) is 4.79 Å². The summed E-state index contributed by atoms with van der Waals surface area (Å²) in [5, 5.41) is 5.40. The van der Waals surface area contributed by atoms with Crippen LogP contribution >= 0.6 is 0 Å². The highest BCUT2D eigenvalue weighted by Crippen LogP contribution is 2.22. The zero-order valence-electron chi connectivity index (χ0n) is 17.8. The molecule has 2 unspecified atom stereocenters. The Morgan fingerprint density at radius 2 is 2.10 bits per heavy atom. The van der Waals surface area contributed by atoms with E-state index in [1.54, 1.807) is 12.3 Å². The summed E-state index contributed by atoms with van der Waals surface area (Å²) in [5.41, 5.74) is -0.232. The summed E-state index contributed by atoms with van der Waals surface area (Å²) in [6.45, 7) is 6.62. The van der Waals surface area contributed by atoms with Crippen LogP contribution < -0.4 is 15.4 Å². The van der Waals surface area contributed by atoms with Crippen LogP contribution in [0.15, 0.2) is 18.5 Å². The third-order valence-corrected chi connectivity index (χ3v) is 4.52. The third kappa shape index (κ3) is 7.51. The fraction of sp³-hybridized carbons (Fsp3) is 0.650. The summed E-state index contributed by atoms with van der Waals surface area (Å²) in [6.07, 6.45) is 3.05. The first-order valence-electron chi connectivity index (χ1n) is 9.76. The molecule has 3 N–H and O–H groups in total. The number of aromatic amines is 1. The van der Waals surface area contributed by atoms with E-state index >= 15 is 0 Å². The number of ketones is 1. The number of rotatable bonds is 8. The van der Waals surface area contributed by atoms with Gasteiger partial charge < -0.3 is 30.0 Å². The summed E-state index contributed by atoms with van der Waals surface area (Å²) >= 11 is 0. The van der Waals surface area contributed by atoms with E-state index < -0.39 is 24.1 Å². The van der Waals surface area contributed by atoms with Crippen molar-refractivity contribution in [3.63, 3.8) is 0 Å². The van der Waals surface area contributed by atoms with Crippen LogP contribution in [-0.4, -0.2) is 73.1 Å². The molecular weight excluding hydrogens is 376 g/mol. The second-order valence-corrected chi connectivity index (χ2v) is 8.79. The Balaban J connectivity index is 2.03. The standard InChI is InChI=1S/C20H32N4O5/c1-20(2,3)10-14(22-19(27)29-13-6-8-21-11-13)18(26)23-17-15(25)12-28-16(17)7-9-24(4)5/h6,8,11,14,16-17,21H,7,9-10,12H2,1-5H3,(H,22,27)(H,23,26)/t14-,16?,17?/m0/s1. The monoisotopic (exact) mass is 408 g/mol. The van der Waals surface area contributed by atoms with Crippen molar-refractivity contribution in [1.29, 1.82) is 0 Å². The zero-order valence-corrected chi connectivity index (χ0v) is 17.8. The van der Waals surface area contributed by atoms with Crippen molar-refractivity contribution in [2.24, 2.45) is 5.41 Å². The van der Waals surface area contributed by atoms with E-state index in [1.165, 1.54) is 6.20 Å². The first kappa shape index (κ1) is 22.9. The smallest absolute Gasteiger partial charge is 0.409 e. The number of hydrogen-bond acceptors (Lipinski definition) is 6. The molecule has 1 aliphatic heterocycles. The van der Waals surface area contributed by atoms with E-state index in [0.717, 1.165) is 6.54 Å². The number of nitrogens with zero attached hydrogens (tertiary/aromatic N) is 1. The highest BCUT2D eigenvalue weighted by Gasteiger charge is 2.38. The fourth-order valence-corrected chi connectivity index (χ4v) is 3.12. The molecule has 0 saturated carbocycles. The molecule has 1 aromatic rings. The van der Waals surface area contributed by atoms with Gasteiger partial charge in [-0.2, -0.15) is 0 Å². The number of nitrogens with one attached hydrogen (secondary N) is 3. The Morgan fingerprint density at radius 3 is 2.69 bits per heavy atom. The molecule has 9 heteroatoms. The first-order chi connectivity index (χ1) is 13.5. The molecule has 162 valence electrons. The molecular formula is C20H32N4O5. The number of aromatic nitrogens is 1. The van der Waals surface area contributed by atoms with Crippen LogP contribution in [0.1, 0.15) is 33.6 Å². The Bertz CT molecular complexity index is 696. The Morgan fingerprint density at radius 1 is 1.38 bits per heavy atom. The zero-order chi connectivity index (χ0) is 21.6. The van der Waals surface area contributed by atoms with Crippen LogP contribution in [0.25, 0.3) is 0 Å². The van der Waals surface area contributed by atoms with Crippen LogP contribution in [0.3, 0.4) is 0 Å². The van der Waals surface area contributed by atoms with Crippen LogP contribution in [0.2, 0.25) is 0 Å². The Labute approximate surface area is 171 Å². The molecule has 0 aliphatic carbocycles. The van der Waals surface area contributed by atoms with Gasteiger partial charge in [0.25, 0.3) is 0 Å². The number of hydrogen-bond donors (Lipinski definition) is 3. The largest absolute Gasteiger partial charge is 0.413 e. The molecule has 29 heavy (non-hydrogen) atoms. The van der Waals surface area contributed by atoms with Gasteiger partial charge in [0.1, 0.15) is 24.4 Å². The molecule has 1 aliphatic rings. The maximum absolute atomic E-state index is 12.9. The minimum absolute atomic E-state index is 0.0179. The molecule has 3 atom stereocenters. The van der Waals surface area contributed by atoms with Crippen molar-refractivity contribution in [1.82, 2.24) is 20.5 Å². The van der Waals surface area contributed by atoms with Crippen molar-refractivity contribution in [3.8, 4) is 5.75 Å². The highest BCUT2D eigenvalue weighted by atomic mass is 16.6. The van der Waals surface area contributed by atoms with E-state index in [9.17, 15) is 14.4 Å². The maximum atomic E-state index is 12.9. The SMILES string of the molecule is CN(C)CCC1OCC(=O)C1NC(=O)[C@H](CC(C)(C)C)NC(=O)Oc1cc[nH]c1. The molecule has 0 spiro atoms. The van der Waals surface area contributed by atoms with Gasteiger partial charge in [-0.3, -0.25) is 9.59 Å². The molecule has 9 nitrogen and oxygen atoms in total. The number of H-pyrrole nitrogens is 1. The maximum Gasteiger partial charge on any atom is 0.413 e. The average Bonchev–Trinajstić information content (AvgIpc) is 3.22. The van der Waals surface area contributed by atoms with Gasteiger partial charge in [-0.15, -0.1) is 0 Å². The van der Waals surface area contributed by atoms with Crippen molar-refractivity contribution in [2.75, 3.05) is 27.2 Å². The van der Waals surface area contributed by atoms with Gasteiger partial charge in [-0.05, 0) is 38.4 Å². The normalized spacial score (nSPS) is 20.6. The minimum Gasteiger partial charge on any atom is -0.409 e.